The van der Waals surface area contributed by atoms with Crippen molar-refractivity contribution in [3.8, 4) is 0 Å². The molecule has 1 fully saturated rings. The third-order valence-corrected chi connectivity index (χ3v) is 7.22. The quantitative estimate of drug-likeness (QED) is 0.663. The van der Waals surface area contributed by atoms with E-state index in [0.717, 1.165) is 36.8 Å². The van der Waals surface area contributed by atoms with E-state index in [1.807, 2.05) is 36.4 Å². The predicted molar refractivity (Wildman–Crippen MR) is 111 cm³/mol. The van der Waals surface area contributed by atoms with Crippen LogP contribution in [0.2, 0.25) is 0 Å². The molecule has 28 heavy (non-hydrogen) atoms. The van der Waals surface area contributed by atoms with E-state index in [1.54, 1.807) is 25.5 Å². The van der Waals surface area contributed by atoms with E-state index in [-0.39, 0.29) is 4.90 Å². The van der Waals surface area contributed by atoms with Crippen molar-refractivity contribution in [2.75, 3.05) is 31.6 Å². The Morgan fingerprint density at radius 3 is 2.57 bits per heavy atom. The van der Waals surface area contributed by atoms with Gasteiger partial charge in [0.15, 0.2) is 0 Å². The van der Waals surface area contributed by atoms with Crippen molar-refractivity contribution >= 4 is 26.6 Å². The summed E-state index contributed by atoms with van der Waals surface area (Å²) in [6, 6.07) is 13.3. The van der Waals surface area contributed by atoms with E-state index in [1.165, 1.54) is 16.2 Å². The van der Waals surface area contributed by atoms with Gasteiger partial charge in [0.2, 0.25) is 10.0 Å². The number of benzene rings is 1. The molecule has 146 valence electrons. The number of fused-ring (bicyclic) bond motifs is 1. The molecule has 1 aliphatic rings. The summed E-state index contributed by atoms with van der Waals surface area (Å²) in [4.78, 5) is 11.0. The lowest BCUT2D eigenvalue weighted by Crippen LogP contribution is -2.39. The Bertz CT molecular complexity index is 1050. The van der Waals surface area contributed by atoms with Gasteiger partial charge in [-0.25, -0.2) is 12.7 Å². The van der Waals surface area contributed by atoms with Gasteiger partial charge in [-0.3, -0.25) is 9.97 Å². The van der Waals surface area contributed by atoms with Gasteiger partial charge in [-0.05, 0) is 43.0 Å². The van der Waals surface area contributed by atoms with Crippen LogP contribution in [-0.4, -0.2) is 49.4 Å². The van der Waals surface area contributed by atoms with Gasteiger partial charge in [0.05, 0.1) is 5.52 Å². The highest BCUT2D eigenvalue weighted by atomic mass is 32.2. The van der Waals surface area contributed by atoms with Crippen molar-refractivity contribution in [2.45, 2.75) is 17.7 Å². The minimum atomic E-state index is -3.55. The largest absolute Gasteiger partial charge is 0.371 e. The Kier molecular flexibility index (Phi) is 5.28. The van der Waals surface area contributed by atoms with Gasteiger partial charge >= 0.3 is 0 Å². The number of anilines is 1. The number of aromatic nitrogens is 2. The second kappa shape index (κ2) is 7.85. The lowest BCUT2D eigenvalue weighted by Gasteiger charge is -2.35. The number of piperidine rings is 1. The van der Waals surface area contributed by atoms with Crippen LogP contribution < -0.4 is 4.90 Å². The van der Waals surface area contributed by atoms with Crippen molar-refractivity contribution in [2.24, 2.45) is 5.92 Å². The Morgan fingerprint density at radius 2 is 1.82 bits per heavy atom. The zero-order valence-electron chi connectivity index (χ0n) is 15.9. The lowest BCUT2D eigenvalue weighted by molar-refractivity contribution is 0.328. The third-order valence-electron chi connectivity index (χ3n) is 5.43. The molecule has 3 aromatic rings. The minimum Gasteiger partial charge on any atom is -0.371 e. The van der Waals surface area contributed by atoms with E-state index in [9.17, 15) is 8.42 Å². The second-order valence-corrected chi connectivity index (χ2v) is 9.33. The van der Waals surface area contributed by atoms with Gasteiger partial charge in [-0.2, -0.15) is 0 Å². The number of hydrogen-bond donors (Lipinski definition) is 0. The molecule has 7 heteroatoms. The molecule has 4 rings (SSSR count). The first-order valence-corrected chi connectivity index (χ1v) is 10.9. The molecule has 0 amide bonds. The first-order valence-electron chi connectivity index (χ1n) is 9.50. The molecule has 6 nitrogen and oxygen atoms in total. The molecule has 0 unspecified atom stereocenters. The number of hydrogen-bond acceptors (Lipinski definition) is 5. The summed E-state index contributed by atoms with van der Waals surface area (Å²) in [5, 5.41) is 0.836. The van der Waals surface area contributed by atoms with Gasteiger partial charge in [-0.1, -0.05) is 18.2 Å². The predicted octanol–water partition coefficient (Wildman–Crippen LogP) is 3.17. The van der Waals surface area contributed by atoms with E-state index >= 15 is 0 Å². The summed E-state index contributed by atoms with van der Waals surface area (Å²) in [6.07, 6.45) is 7.01. The van der Waals surface area contributed by atoms with Crippen LogP contribution in [0.3, 0.4) is 0 Å². The van der Waals surface area contributed by atoms with Crippen molar-refractivity contribution in [1.82, 2.24) is 14.3 Å². The minimum absolute atomic E-state index is 0.253. The molecule has 1 saturated heterocycles. The Balaban J connectivity index is 1.42. The SMILES string of the molecule is CN(CC1CCN(c2ccncc2)CC1)S(=O)(=O)c1cnc2ccccc2c1. The maximum absolute atomic E-state index is 13.0. The fraction of sp³-hybridized carbons (Fsp3) is 0.333. The summed E-state index contributed by atoms with van der Waals surface area (Å²) in [6.45, 7) is 2.39. The van der Waals surface area contributed by atoms with Crippen LogP contribution in [0.1, 0.15) is 12.8 Å². The fourth-order valence-corrected chi connectivity index (χ4v) is 4.99. The molecular weight excluding hydrogens is 372 g/mol. The van der Waals surface area contributed by atoms with E-state index < -0.39 is 10.0 Å². The molecule has 0 bridgehead atoms. The van der Waals surface area contributed by atoms with Crippen LogP contribution in [-0.2, 0) is 10.0 Å². The highest BCUT2D eigenvalue weighted by molar-refractivity contribution is 7.89. The van der Waals surface area contributed by atoms with E-state index in [0.29, 0.717) is 12.5 Å². The van der Waals surface area contributed by atoms with Gasteiger partial charge in [-0.15, -0.1) is 0 Å². The van der Waals surface area contributed by atoms with Gasteiger partial charge in [0.1, 0.15) is 4.90 Å². The van der Waals surface area contributed by atoms with Gasteiger partial charge in [0.25, 0.3) is 0 Å². The summed E-state index contributed by atoms with van der Waals surface area (Å²) < 4.78 is 27.5. The van der Waals surface area contributed by atoms with Gasteiger partial charge < -0.3 is 4.90 Å². The molecule has 0 N–H and O–H groups in total. The molecule has 2 aromatic heterocycles. The van der Waals surface area contributed by atoms with Crippen LogP contribution in [0.25, 0.3) is 10.9 Å². The van der Waals surface area contributed by atoms with Crippen LogP contribution >= 0.6 is 0 Å². The average Bonchev–Trinajstić information content (AvgIpc) is 2.74. The van der Waals surface area contributed by atoms with Gasteiger partial charge in [0, 0.05) is 56.3 Å². The zero-order chi connectivity index (χ0) is 19.6. The molecule has 1 aliphatic heterocycles. The zero-order valence-corrected chi connectivity index (χ0v) is 16.7. The maximum Gasteiger partial charge on any atom is 0.244 e. The van der Waals surface area contributed by atoms with Crippen LogP contribution in [0.5, 0.6) is 0 Å². The smallest absolute Gasteiger partial charge is 0.244 e. The highest BCUT2D eigenvalue weighted by Crippen LogP contribution is 2.25. The molecule has 0 radical (unpaired) electrons. The van der Waals surface area contributed by atoms with E-state index in [4.69, 9.17) is 0 Å². The number of sulfonamides is 1. The second-order valence-electron chi connectivity index (χ2n) is 7.29. The molecule has 0 spiro atoms. The average molecular weight is 397 g/mol. The number of nitrogens with zero attached hydrogens (tertiary/aromatic N) is 4. The summed E-state index contributed by atoms with van der Waals surface area (Å²) in [7, 11) is -1.88. The normalized spacial score (nSPS) is 16.0. The molecule has 0 atom stereocenters. The highest BCUT2D eigenvalue weighted by Gasteiger charge is 2.27. The van der Waals surface area contributed by atoms with Crippen molar-refractivity contribution in [3.63, 3.8) is 0 Å². The fourth-order valence-electron chi connectivity index (χ4n) is 3.76. The standard InChI is InChI=1S/C21H24N4O2S/c1-24(16-17-8-12-25(13-9-17)19-6-10-22-11-7-19)28(26,27)20-14-18-4-2-3-5-21(18)23-15-20/h2-7,10-11,14-15,17H,8-9,12-13,16H2,1H3. The molecule has 0 saturated carbocycles. The first kappa shape index (κ1) is 18.8. The van der Waals surface area contributed by atoms with Crippen LogP contribution in [0.15, 0.2) is 66.0 Å². The number of para-hydroxylation sites is 1. The van der Waals surface area contributed by atoms with Crippen LogP contribution in [0, 0.1) is 5.92 Å². The summed E-state index contributed by atoms with van der Waals surface area (Å²) >= 11 is 0. The molecule has 1 aromatic carbocycles. The molecule has 0 aliphatic carbocycles. The molecular formula is C21H24N4O2S. The van der Waals surface area contributed by atoms with E-state index in [2.05, 4.69) is 14.9 Å². The van der Waals surface area contributed by atoms with Crippen LogP contribution in [0.4, 0.5) is 5.69 Å². The third kappa shape index (κ3) is 3.86. The number of rotatable bonds is 5. The first-order chi connectivity index (χ1) is 13.5. The maximum atomic E-state index is 13.0. The summed E-state index contributed by atoms with van der Waals surface area (Å²) in [5.41, 5.74) is 1.98. The van der Waals surface area contributed by atoms with Crippen molar-refractivity contribution in [1.29, 1.82) is 0 Å². The van der Waals surface area contributed by atoms with Crippen molar-refractivity contribution in [3.05, 3.63) is 61.1 Å². The molecule has 3 heterocycles. The Labute approximate surface area is 165 Å². The number of pyridine rings is 2. The Hall–Kier alpha value is -2.51. The summed E-state index contributed by atoms with van der Waals surface area (Å²) in [5.74, 6) is 0.353. The van der Waals surface area contributed by atoms with Crippen molar-refractivity contribution < 1.29 is 8.42 Å². The lowest BCUT2D eigenvalue weighted by atomic mass is 9.96. The topological polar surface area (TPSA) is 66.4 Å². The monoisotopic (exact) mass is 396 g/mol. The Morgan fingerprint density at radius 1 is 1.11 bits per heavy atom.